The van der Waals surface area contributed by atoms with Crippen LogP contribution in [0, 0.1) is 29.6 Å². The fourth-order valence-corrected chi connectivity index (χ4v) is 4.33. The van der Waals surface area contributed by atoms with Gasteiger partial charge >= 0.3 is 0 Å². The number of benzene rings is 1. The van der Waals surface area contributed by atoms with Crippen molar-refractivity contribution in [2.45, 2.75) is 38.3 Å². The van der Waals surface area contributed by atoms with Crippen molar-refractivity contribution in [3.8, 4) is 29.4 Å². The summed E-state index contributed by atoms with van der Waals surface area (Å²) >= 11 is 1.42. The van der Waals surface area contributed by atoms with E-state index in [2.05, 4.69) is 34.0 Å². The van der Waals surface area contributed by atoms with Gasteiger partial charge in [0.05, 0.1) is 5.69 Å². The minimum Gasteiger partial charge on any atom is -0.489 e. The molecule has 8 nitrogen and oxygen atoms in total. The Hall–Kier alpha value is -3.79. The molecular formula is C26H24N4O4S. The standard InChI is InChI=1S/C26H24N4O4S/c1-26(2,33)11-10-17-7-9-22-21(12-17)29(3)24(32)20(14-34-22)27-23(31)19-13-30-18(8-6-16-4-5-16)15-35-25(30)28-19/h7,9,12-13,15-16,20,33H,4-5,14H2,1-3H3,(H,27,31)/t20-/m0/s1. The van der Waals surface area contributed by atoms with E-state index in [4.69, 9.17) is 4.74 Å². The lowest BCUT2D eigenvalue weighted by Gasteiger charge is -2.20. The van der Waals surface area contributed by atoms with Crippen LogP contribution in [0.5, 0.6) is 5.75 Å². The average Bonchev–Trinajstić information content (AvgIpc) is 3.45. The molecule has 2 N–H and O–H groups in total. The second kappa shape index (κ2) is 8.77. The van der Waals surface area contributed by atoms with E-state index < -0.39 is 17.6 Å². The molecule has 35 heavy (non-hydrogen) atoms. The molecule has 9 heteroatoms. The number of imidazole rings is 1. The second-order valence-electron chi connectivity index (χ2n) is 9.17. The van der Waals surface area contributed by atoms with E-state index in [1.165, 1.54) is 16.2 Å². The van der Waals surface area contributed by atoms with Gasteiger partial charge in [-0.3, -0.25) is 14.0 Å². The summed E-state index contributed by atoms with van der Waals surface area (Å²) in [4.78, 5) is 32.6. The third-order valence-corrected chi connectivity index (χ3v) is 6.44. The maximum Gasteiger partial charge on any atom is 0.272 e. The van der Waals surface area contributed by atoms with Gasteiger partial charge in [-0.1, -0.05) is 17.8 Å². The van der Waals surface area contributed by atoms with Crippen LogP contribution in [0.1, 0.15) is 48.4 Å². The van der Waals surface area contributed by atoms with Crippen molar-refractivity contribution in [2.75, 3.05) is 18.6 Å². The molecule has 0 bridgehead atoms. The van der Waals surface area contributed by atoms with Crippen LogP contribution in [0.3, 0.4) is 0 Å². The van der Waals surface area contributed by atoms with Crippen molar-refractivity contribution in [3.05, 3.63) is 46.7 Å². The summed E-state index contributed by atoms with van der Waals surface area (Å²) in [6.45, 7) is 3.18. The number of hydrogen-bond donors (Lipinski definition) is 2. The van der Waals surface area contributed by atoms with Gasteiger partial charge in [0.1, 0.15) is 35.4 Å². The van der Waals surface area contributed by atoms with Crippen molar-refractivity contribution in [1.29, 1.82) is 0 Å². The molecule has 1 aliphatic carbocycles. The lowest BCUT2D eigenvalue weighted by Crippen LogP contribution is -2.49. The molecule has 0 saturated heterocycles. The average molecular weight is 489 g/mol. The van der Waals surface area contributed by atoms with Gasteiger partial charge in [0.2, 0.25) is 0 Å². The molecule has 1 saturated carbocycles. The Morgan fingerprint density at radius 1 is 1.31 bits per heavy atom. The number of anilines is 1. The summed E-state index contributed by atoms with van der Waals surface area (Å²) < 4.78 is 7.65. The number of aromatic nitrogens is 2. The third-order valence-electron chi connectivity index (χ3n) is 5.60. The summed E-state index contributed by atoms with van der Waals surface area (Å²) in [7, 11) is 1.62. The number of amides is 2. The fraction of sp³-hybridized carbons (Fsp3) is 0.346. The summed E-state index contributed by atoms with van der Waals surface area (Å²) in [5.41, 5.74) is 1.06. The van der Waals surface area contributed by atoms with E-state index in [0.29, 0.717) is 27.9 Å². The normalized spacial score (nSPS) is 17.4. The smallest absolute Gasteiger partial charge is 0.272 e. The van der Waals surface area contributed by atoms with Crippen LogP contribution in [-0.2, 0) is 4.79 Å². The quantitative estimate of drug-likeness (QED) is 0.541. The molecule has 2 aromatic heterocycles. The number of nitrogens with one attached hydrogen (secondary N) is 1. The highest BCUT2D eigenvalue weighted by Crippen LogP contribution is 2.31. The highest BCUT2D eigenvalue weighted by atomic mass is 32.1. The van der Waals surface area contributed by atoms with Gasteiger partial charge in [-0.2, -0.15) is 0 Å². The molecule has 2 amide bonds. The van der Waals surface area contributed by atoms with E-state index in [9.17, 15) is 14.7 Å². The molecule has 2 aliphatic rings. The molecule has 0 unspecified atom stereocenters. The summed E-state index contributed by atoms with van der Waals surface area (Å²) in [5, 5.41) is 14.5. The lowest BCUT2D eigenvalue weighted by molar-refractivity contribution is -0.120. The van der Waals surface area contributed by atoms with Crippen LogP contribution in [0.15, 0.2) is 29.8 Å². The van der Waals surface area contributed by atoms with Gasteiger partial charge in [0.15, 0.2) is 4.96 Å². The molecule has 0 spiro atoms. The monoisotopic (exact) mass is 488 g/mol. The highest BCUT2D eigenvalue weighted by Gasteiger charge is 2.31. The van der Waals surface area contributed by atoms with Crippen LogP contribution >= 0.6 is 11.3 Å². The predicted octanol–water partition coefficient (Wildman–Crippen LogP) is 2.43. The first kappa shape index (κ1) is 23.0. The SMILES string of the molecule is CN1C(=O)[C@@H](NC(=O)c2cn3c(C#CC4CC4)csc3n2)COc2ccc(C#CC(C)(C)O)cc21. The summed E-state index contributed by atoms with van der Waals surface area (Å²) in [5.74, 6) is 12.3. The largest absolute Gasteiger partial charge is 0.489 e. The van der Waals surface area contributed by atoms with Gasteiger partial charge in [0.25, 0.3) is 11.8 Å². The lowest BCUT2D eigenvalue weighted by atomic mass is 10.1. The first-order valence-electron chi connectivity index (χ1n) is 11.3. The Morgan fingerprint density at radius 2 is 2.11 bits per heavy atom. The van der Waals surface area contributed by atoms with Gasteiger partial charge < -0.3 is 20.1 Å². The Balaban J connectivity index is 1.33. The molecule has 5 rings (SSSR count). The molecule has 1 aliphatic heterocycles. The minimum absolute atomic E-state index is 0.0169. The molecule has 1 fully saturated rings. The van der Waals surface area contributed by atoms with Crippen molar-refractivity contribution < 1.29 is 19.4 Å². The molecule has 178 valence electrons. The van der Waals surface area contributed by atoms with Crippen LogP contribution in [-0.4, -0.2) is 51.6 Å². The number of carbonyl (C=O) groups is 2. The number of carbonyl (C=O) groups excluding carboxylic acids is 2. The summed E-state index contributed by atoms with van der Waals surface area (Å²) in [6, 6.07) is 4.32. The Bertz CT molecular complexity index is 1450. The maximum absolute atomic E-state index is 13.1. The Labute approximate surface area is 206 Å². The van der Waals surface area contributed by atoms with E-state index >= 15 is 0 Å². The number of fused-ring (bicyclic) bond motifs is 2. The molecule has 1 aromatic carbocycles. The Morgan fingerprint density at radius 3 is 2.86 bits per heavy atom. The number of hydrogen-bond acceptors (Lipinski definition) is 6. The molecule has 3 heterocycles. The number of nitrogens with zero attached hydrogens (tertiary/aromatic N) is 3. The van der Waals surface area contributed by atoms with Crippen LogP contribution in [0.2, 0.25) is 0 Å². The molecule has 3 aromatic rings. The van der Waals surface area contributed by atoms with Crippen molar-refractivity contribution in [2.24, 2.45) is 5.92 Å². The zero-order chi connectivity index (χ0) is 24.7. The maximum atomic E-state index is 13.1. The highest BCUT2D eigenvalue weighted by molar-refractivity contribution is 7.15. The van der Waals surface area contributed by atoms with Crippen molar-refractivity contribution in [3.63, 3.8) is 0 Å². The van der Waals surface area contributed by atoms with Gasteiger partial charge in [-0.05, 0) is 50.8 Å². The number of rotatable bonds is 2. The second-order valence-corrected chi connectivity index (χ2v) is 10.0. The van der Waals surface area contributed by atoms with E-state index in [1.54, 1.807) is 49.7 Å². The number of thiazole rings is 1. The third kappa shape index (κ3) is 5.02. The van der Waals surface area contributed by atoms with Gasteiger partial charge in [-0.15, -0.1) is 11.3 Å². The topological polar surface area (TPSA) is 96.2 Å². The van der Waals surface area contributed by atoms with Gasteiger partial charge in [-0.25, -0.2) is 4.98 Å². The van der Waals surface area contributed by atoms with Crippen molar-refractivity contribution in [1.82, 2.24) is 14.7 Å². The van der Waals surface area contributed by atoms with Crippen LogP contribution < -0.4 is 15.0 Å². The van der Waals surface area contributed by atoms with Crippen LogP contribution in [0.4, 0.5) is 5.69 Å². The number of ether oxygens (including phenoxy) is 1. The number of likely N-dealkylation sites (N-methyl/N-ethyl adjacent to an activating group) is 1. The molecular weight excluding hydrogens is 464 g/mol. The van der Waals surface area contributed by atoms with E-state index in [1.807, 2.05) is 5.38 Å². The zero-order valence-corrected chi connectivity index (χ0v) is 20.4. The van der Waals surface area contributed by atoms with Crippen molar-refractivity contribution >= 4 is 33.8 Å². The fourth-order valence-electron chi connectivity index (χ4n) is 3.52. The van der Waals surface area contributed by atoms with E-state index in [0.717, 1.165) is 18.5 Å². The van der Waals surface area contributed by atoms with E-state index in [-0.39, 0.29) is 18.2 Å². The number of aliphatic hydroxyl groups is 1. The first-order chi connectivity index (χ1) is 16.7. The predicted molar refractivity (Wildman–Crippen MR) is 132 cm³/mol. The molecule has 1 atom stereocenters. The first-order valence-corrected chi connectivity index (χ1v) is 12.1. The zero-order valence-electron chi connectivity index (χ0n) is 19.6. The van der Waals surface area contributed by atoms with Crippen LogP contribution in [0.25, 0.3) is 4.96 Å². The minimum atomic E-state index is -1.13. The summed E-state index contributed by atoms with van der Waals surface area (Å²) in [6.07, 6.45) is 3.93. The Kier molecular flexibility index (Phi) is 5.76. The van der Waals surface area contributed by atoms with Gasteiger partial charge in [0, 0.05) is 30.1 Å². The molecule has 0 radical (unpaired) electrons.